The van der Waals surface area contributed by atoms with Gasteiger partial charge in [0.15, 0.2) is 5.78 Å². The zero-order valence-corrected chi connectivity index (χ0v) is 16.8. The van der Waals surface area contributed by atoms with Crippen LogP contribution in [0.4, 0.5) is 0 Å². The molecule has 146 valence electrons. The third-order valence-electron chi connectivity index (χ3n) is 7.70. The minimum atomic E-state index is -1.19. The summed E-state index contributed by atoms with van der Waals surface area (Å²) in [5.74, 6) is 0.526. The number of aliphatic hydroxyl groups excluding tert-OH is 1. The maximum Gasteiger partial charge on any atom is 0.195 e. The van der Waals surface area contributed by atoms with E-state index in [-0.39, 0.29) is 22.5 Å². The molecule has 3 nitrogen and oxygen atoms in total. The van der Waals surface area contributed by atoms with E-state index in [1.54, 1.807) is 30.3 Å². The van der Waals surface area contributed by atoms with Gasteiger partial charge in [-0.25, -0.2) is 0 Å². The van der Waals surface area contributed by atoms with E-state index < -0.39 is 6.10 Å². The summed E-state index contributed by atoms with van der Waals surface area (Å²) in [5.41, 5.74) is 1.92. The molecule has 0 aliphatic heterocycles. The van der Waals surface area contributed by atoms with Crippen molar-refractivity contribution < 1.29 is 14.7 Å². The second-order valence-electron chi connectivity index (χ2n) is 9.25. The Morgan fingerprint density at radius 1 is 1.11 bits per heavy atom. The molecule has 3 heteroatoms. The van der Waals surface area contributed by atoms with Crippen LogP contribution in [0.5, 0.6) is 0 Å². The van der Waals surface area contributed by atoms with Gasteiger partial charge in [0.2, 0.25) is 0 Å². The lowest BCUT2D eigenvalue weighted by atomic mass is 9.70. The Kier molecular flexibility index (Phi) is 4.54. The standard InChI is InChI=1S/C25H28O3/c1-24(2)20-12-13-25(24,3)23(28)19(20)15-16-8-7-11-18(14-16)22(27)21(26)17-9-5-4-6-10-17/h4-11,14,19-20,22,27H,12-13,15H2,1-3H3. The molecule has 2 aliphatic carbocycles. The van der Waals surface area contributed by atoms with Crippen LogP contribution in [0.3, 0.4) is 0 Å². The highest BCUT2D eigenvalue weighted by atomic mass is 16.3. The molecule has 0 aromatic heterocycles. The van der Waals surface area contributed by atoms with Crippen molar-refractivity contribution in [1.29, 1.82) is 0 Å². The Morgan fingerprint density at radius 2 is 1.82 bits per heavy atom. The van der Waals surface area contributed by atoms with Crippen molar-refractivity contribution in [2.24, 2.45) is 22.7 Å². The minimum Gasteiger partial charge on any atom is -0.380 e. The van der Waals surface area contributed by atoms with Gasteiger partial charge in [0.1, 0.15) is 11.9 Å². The molecule has 2 fully saturated rings. The lowest BCUT2D eigenvalue weighted by Gasteiger charge is -2.32. The minimum absolute atomic E-state index is 0.0333. The van der Waals surface area contributed by atoms with E-state index >= 15 is 0 Å². The highest BCUT2D eigenvalue weighted by molar-refractivity contribution is 5.99. The summed E-state index contributed by atoms with van der Waals surface area (Å²) >= 11 is 0. The third kappa shape index (κ3) is 2.76. The van der Waals surface area contributed by atoms with E-state index in [0.717, 1.165) is 18.4 Å². The molecular formula is C25H28O3. The van der Waals surface area contributed by atoms with E-state index in [9.17, 15) is 14.7 Å². The predicted molar refractivity (Wildman–Crippen MR) is 109 cm³/mol. The molecule has 4 atom stereocenters. The van der Waals surface area contributed by atoms with E-state index in [4.69, 9.17) is 0 Å². The molecule has 2 aromatic carbocycles. The van der Waals surface area contributed by atoms with Crippen LogP contribution in [0.2, 0.25) is 0 Å². The Labute approximate surface area is 166 Å². The van der Waals surface area contributed by atoms with E-state index in [0.29, 0.717) is 29.2 Å². The van der Waals surface area contributed by atoms with Gasteiger partial charge in [-0.3, -0.25) is 9.59 Å². The number of benzene rings is 2. The van der Waals surface area contributed by atoms with Crippen molar-refractivity contribution in [3.63, 3.8) is 0 Å². The van der Waals surface area contributed by atoms with Gasteiger partial charge in [0.25, 0.3) is 0 Å². The SMILES string of the molecule is CC12CCC(C(Cc3cccc(C(O)C(=O)c4ccccc4)c3)C1=O)C2(C)C. The van der Waals surface area contributed by atoms with E-state index in [2.05, 4.69) is 20.8 Å². The van der Waals surface area contributed by atoms with Crippen LogP contribution in [0.15, 0.2) is 54.6 Å². The molecule has 0 amide bonds. The van der Waals surface area contributed by atoms with Gasteiger partial charge in [-0.15, -0.1) is 0 Å². The number of hydrogen-bond donors (Lipinski definition) is 1. The van der Waals surface area contributed by atoms with Crippen molar-refractivity contribution in [3.8, 4) is 0 Å². The van der Waals surface area contributed by atoms with Crippen LogP contribution in [-0.2, 0) is 11.2 Å². The smallest absolute Gasteiger partial charge is 0.195 e. The Balaban J connectivity index is 1.55. The topological polar surface area (TPSA) is 54.4 Å². The van der Waals surface area contributed by atoms with Crippen molar-refractivity contribution in [1.82, 2.24) is 0 Å². The van der Waals surface area contributed by atoms with Crippen LogP contribution in [0.25, 0.3) is 0 Å². The molecule has 0 spiro atoms. The zero-order chi connectivity index (χ0) is 20.1. The molecule has 2 saturated carbocycles. The first-order valence-electron chi connectivity index (χ1n) is 10.2. The normalized spacial score (nSPS) is 29.1. The molecule has 2 aliphatic rings. The number of rotatable bonds is 5. The number of carbonyl (C=O) groups excluding carboxylic acids is 2. The zero-order valence-electron chi connectivity index (χ0n) is 16.8. The summed E-state index contributed by atoms with van der Waals surface area (Å²) in [6.07, 6.45) is 1.59. The fraction of sp³-hybridized carbons (Fsp3) is 0.440. The number of Topliss-reactive ketones (excluding diaryl/α,β-unsaturated/α-hetero) is 2. The number of aliphatic hydroxyl groups is 1. The molecule has 28 heavy (non-hydrogen) atoms. The Hall–Kier alpha value is -2.26. The molecule has 2 aromatic rings. The molecule has 1 N–H and O–H groups in total. The van der Waals surface area contributed by atoms with Crippen LogP contribution < -0.4 is 0 Å². The molecule has 0 radical (unpaired) electrons. The number of hydrogen-bond acceptors (Lipinski definition) is 3. The quantitative estimate of drug-likeness (QED) is 0.764. The van der Waals surface area contributed by atoms with Crippen molar-refractivity contribution in [2.75, 3.05) is 0 Å². The van der Waals surface area contributed by atoms with Crippen LogP contribution in [0.1, 0.15) is 61.2 Å². The van der Waals surface area contributed by atoms with Crippen molar-refractivity contribution in [3.05, 3.63) is 71.3 Å². The summed E-state index contributed by atoms with van der Waals surface area (Å²) in [4.78, 5) is 25.7. The first-order chi connectivity index (χ1) is 13.3. The van der Waals surface area contributed by atoms with Gasteiger partial charge in [-0.05, 0) is 41.7 Å². The molecule has 4 unspecified atom stereocenters. The fourth-order valence-electron chi connectivity index (χ4n) is 5.56. The molecule has 4 rings (SSSR count). The van der Waals surface area contributed by atoms with Gasteiger partial charge >= 0.3 is 0 Å². The summed E-state index contributed by atoms with van der Waals surface area (Å²) in [7, 11) is 0. The van der Waals surface area contributed by atoms with E-state index in [1.165, 1.54) is 0 Å². The number of carbonyl (C=O) groups is 2. The predicted octanol–water partition coefficient (Wildman–Crippen LogP) is 4.79. The van der Waals surface area contributed by atoms with Crippen LogP contribution >= 0.6 is 0 Å². The second kappa shape index (κ2) is 6.66. The third-order valence-corrected chi connectivity index (χ3v) is 7.70. The molecular weight excluding hydrogens is 348 g/mol. The average Bonchev–Trinajstić information content (AvgIpc) is 3.01. The molecule has 0 heterocycles. The lowest BCUT2D eigenvalue weighted by molar-refractivity contribution is -0.131. The van der Waals surface area contributed by atoms with Gasteiger partial charge in [0, 0.05) is 16.9 Å². The van der Waals surface area contributed by atoms with Gasteiger partial charge in [0.05, 0.1) is 0 Å². The highest BCUT2D eigenvalue weighted by Crippen LogP contribution is 2.66. The van der Waals surface area contributed by atoms with Crippen LogP contribution in [-0.4, -0.2) is 16.7 Å². The lowest BCUT2D eigenvalue weighted by Crippen LogP contribution is -2.33. The number of ketones is 2. The van der Waals surface area contributed by atoms with Crippen LogP contribution in [0, 0.1) is 22.7 Å². The average molecular weight is 376 g/mol. The number of fused-ring (bicyclic) bond motifs is 2. The van der Waals surface area contributed by atoms with Gasteiger partial charge in [-0.1, -0.05) is 75.4 Å². The monoisotopic (exact) mass is 376 g/mol. The Bertz CT molecular complexity index is 914. The fourth-order valence-corrected chi connectivity index (χ4v) is 5.56. The second-order valence-corrected chi connectivity index (χ2v) is 9.25. The van der Waals surface area contributed by atoms with Crippen molar-refractivity contribution >= 4 is 11.6 Å². The molecule has 0 saturated heterocycles. The van der Waals surface area contributed by atoms with Gasteiger partial charge in [-0.2, -0.15) is 0 Å². The summed E-state index contributed by atoms with van der Waals surface area (Å²) in [6.45, 7) is 6.61. The summed E-state index contributed by atoms with van der Waals surface area (Å²) in [6, 6.07) is 16.4. The first kappa shape index (κ1) is 19.1. The highest BCUT2D eigenvalue weighted by Gasteiger charge is 2.65. The molecule has 2 bridgehead atoms. The maximum absolute atomic E-state index is 13.1. The largest absolute Gasteiger partial charge is 0.380 e. The van der Waals surface area contributed by atoms with Gasteiger partial charge < -0.3 is 5.11 Å². The van der Waals surface area contributed by atoms with Crippen molar-refractivity contribution in [2.45, 2.75) is 46.1 Å². The Morgan fingerprint density at radius 3 is 2.46 bits per heavy atom. The summed E-state index contributed by atoms with van der Waals surface area (Å²) in [5, 5.41) is 10.6. The van der Waals surface area contributed by atoms with E-state index in [1.807, 2.05) is 24.3 Å². The summed E-state index contributed by atoms with van der Waals surface area (Å²) < 4.78 is 0. The maximum atomic E-state index is 13.1. The first-order valence-corrected chi connectivity index (χ1v) is 10.2.